The molecule has 0 aliphatic heterocycles. The second-order valence-corrected chi connectivity index (χ2v) is 3.94. The van der Waals surface area contributed by atoms with E-state index in [1.54, 1.807) is 25.4 Å². The third-order valence-electron chi connectivity index (χ3n) is 2.50. The summed E-state index contributed by atoms with van der Waals surface area (Å²) in [4.78, 5) is 19.9. The van der Waals surface area contributed by atoms with Crippen molar-refractivity contribution < 1.29 is 9.18 Å². The van der Waals surface area contributed by atoms with Crippen LogP contribution in [0.5, 0.6) is 0 Å². The first-order valence-corrected chi connectivity index (χ1v) is 5.67. The molecule has 0 atom stereocenters. The van der Waals surface area contributed by atoms with Crippen LogP contribution in [0.25, 0.3) is 0 Å². The molecule has 0 aromatic carbocycles. The quantitative estimate of drug-likeness (QED) is 0.888. The van der Waals surface area contributed by atoms with E-state index in [2.05, 4.69) is 20.6 Å². The van der Waals surface area contributed by atoms with Gasteiger partial charge in [0.05, 0.1) is 23.6 Å². The zero-order valence-electron chi connectivity index (χ0n) is 10.6. The van der Waals surface area contributed by atoms with Crippen molar-refractivity contribution in [2.45, 2.75) is 6.92 Å². The van der Waals surface area contributed by atoms with Crippen molar-refractivity contribution in [3.63, 3.8) is 0 Å². The Morgan fingerprint density at radius 3 is 2.68 bits per heavy atom. The molecular formula is C13H13FN4O. The molecule has 2 heterocycles. The highest BCUT2D eigenvalue weighted by atomic mass is 19.1. The number of pyridine rings is 2. The molecule has 2 aromatic heterocycles. The molecule has 0 aliphatic rings. The lowest BCUT2D eigenvalue weighted by molar-refractivity contribution is 0.102. The normalized spacial score (nSPS) is 10.1. The molecule has 2 rings (SSSR count). The number of rotatable bonds is 3. The van der Waals surface area contributed by atoms with E-state index in [9.17, 15) is 9.18 Å². The molecular weight excluding hydrogens is 247 g/mol. The monoisotopic (exact) mass is 260 g/mol. The minimum atomic E-state index is -0.564. The number of aromatic nitrogens is 2. The molecule has 19 heavy (non-hydrogen) atoms. The number of carbonyl (C=O) groups excluding carboxylic acids is 1. The Bertz CT molecular complexity index is 598. The van der Waals surface area contributed by atoms with Gasteiger partial charge >= 0.3 is 0 Å². The summed E-state index contributed by atoms with van der Waals surface area (Å²) in [5.41, 5.74) is 1.53. The highest BCUT2D eigenvalue weighted by molar-refractivity contribution is 6.07. The van der Waals surface area contributed by atoms with Gasteiger partial charge < -0.3 is 10.6 Å². The third kappa shape index (κ3) is 3.04. The van der Waals surface area contributed by atoms with Gasteiger partial charge in [-0.15, -0.1) is 0 Å². The maximum absolute atomic E-state index is 13.2. The standard InChI is InChI=1S/C13H13FN4O/c1-8-3-4-10(7-16-8)18-13(19)11-5-9(14)6-17-12(11)15-2/h3-7H,1-2H3,(H,15,17)(H,18,19). The van der Waals surface area contributed by atoms with Crippen molar-refractivity contribution in [2.75, 3.05) is 17.7 Å². The number of hydrogen-bond acceptors (Lipinski definition) is 4. The van der Waals surface area contributed by atoms with Gasteiger partial charge in [0.1, 0.15) is 11.6 Å². The Hall–Kier alpha value is -2.50. The summed E-state index contributed by atoms with van der Waals surface area (Å²) in [7, 11) is 1.62. The minimum Gasteiger partial charge on any atom is -0.372 e. The van der Waals surface area contributed by atoms with E-state index < -0.39 is 11.7 Å². The fourth-order valence-corrected chi connectivity index (χ4v) is 1.55. The second kappa shape index (κ2) is 5.43. The zero-order chi connectivity index (χ0) is 13.8. The van der Waals surface area contributed by atoms with Gasteiger partial charge in [0.25, 0.3) is 5.91 Å². The first kappa shape index (κ1) is 12.9. The van der Waals surface area contributed by atoms with E-state index in [-0.39, 0.29) is 5.56 Å². The molecule has 0 radical (unpaired) electrons. The molecule has 0 bridgehead atoms. The van der Waals surface area contributed by atoms with Crippen LogP contribution in [0.3, 0.4) is 0 Å². The maximum atomic E-state index is 13.2. The average Bonchev–Trinajstić information content (AvgIpc) is 2.41. The molecule has 0 unspecified atom stereocenters. The van der Waals surface area contributed by atoms with Gasteiger partial charge in [-0.05, 0) is 25.1 Å². The number of halogens is 1. The molecule has 5 nitrogen and oxygen atoms in total. The van der Waals surface area contributed by atoms with Crippen LogP contribution >= 0.6 is 0 Å². The lowest BCUT2D eigenvalue weighted by atomic mass is 10.2. The Labute approximate surface area is 109 Å². The molecule has 1 amide bonds. The minimum absolute atomic E-state index is 0.142. The topological polar surface area (TPSA) is 66.9 Å². The Morgan fingerprint density at radius 2 is 2.05 bits per heavy atom. The van der Waals surface area contributed by atoms with E-state index in [1.807, 2.05) is 6.92 Å². The zero-order valence-corrected chi connectivity index (χ0v) is 10.6. The highest BCUT2D eigenvalue weighted by Gasteiger charge is 2.13. The summed E-state index contributed by atoms with van der Waals surface area (Å²) >= 11 is 0. The van der Waals surface area contributed by atoms with Crippen molar-refractivity contribution in [1.29, 1.82) is 0 Å². The lowest BCUT2D eigenvalue weighted by Crippen LogP contribution is -2.15. The molecule has 6 heteroatoms. The molecule has 0 spiro atoms. The smallest absolute Gasteiger partial charge is 0.259 e. The van der Waals surface area contributed by atoms with Crippen LogP contribution < -0.4 is 10.6 Å². The number of aryl methyl sites for hydroxylation is 1. The van der Waals surface area contributed by atoms with E-state index in [0.29, 0.717) is 11.5 Å². The van der Waals surface area contributed by atoms with Crippen molar-refractivity contribution in [3.05, 3.63) is 47.7 Å². The molecule has 0 aliphatic carbocycles. The van der Waals surface area contributed by atoms with Crippen LogP contribution in [0.2, 0.25) is 0 Å². The lowest BCUT2D eigenvalue weighted by Gasteiger charge is -2.09. The van der Waals surface area contributed by atoms with E-state index >= 15 is 0 Å². The Kier molecular flexibility index (Phi) is 3.70. The predicted molar refractivity (Wildman–Crippen MR) is 70.7 cm³/mol. The molecule has 98 valence electrons. The van der Waals surface area contributed by atoms with Gasteiger partial charge in [0.15, 0.2) is 0 Å². The highest BCUT2D eigenvalue weighted by Crippen LogP contribution is 2.15. The van der Waals surface area contributed by atoms with Crippen molar-refractivity contribution in [2.24, 2.45) is 0 Å². The van der Waals surface area contributed by atoms with Crippen molar-refractivity contribution in [3.8, 4) is 0 Å². The molecule has 2 N–H and O–H groups in total. The van der Waals surface area contributed by atoms with Gasteiger partial charge in [0.2, 0.25) is 0 Å². The second-order valence-electron chi connectivity index (χ2n) is 3.94. The fourth-order valence-electron chi connectivity index (χ4n) is 1.55. The van der Waals surface area contributed by atoms with Crippen LogP contribution in [0.15, 0.2) is 30.6 Å². The Balaban J connectivity index is 2.24. The van der Waals surface area contributed by atoms with Crippen LogP contribution in [0.1, 0.15) is 16.1 Å². The first-order valence-electron chi connectivity index (χ1n) is 5.67. The van der Waals surface area contributed by atoms with Crippen molar-refractivity contribution >= 4 is 17.4 Å². The van der Waals surface area contributed by atoms with E-state index in [4.69, 9.17) is 0 Å². The van der Waals surface area contributed by atoms with Crippen LogP contribution in [0.4, 0.5) is 15.9 Å². The van der Waals surface area contributed by atoms with Crippen LogP contribution in [-0.4, -0.2) is 22.9 Å². The summed E-state index contributed by atoms with van der Waals surface area (Å²) in [6, 6.07) is 4.64. The van der Waals surface area contributed by atoms with Gasteiger partial charge in [0, 0.05) is 12.7 Å². The number of nitrogens with one attached hydrogen (secondary N) is 2. The SMILES string of the molecule is CNc1ncc(F)cc1C(=O)Nc1ccc(C)nc1. The largest absolute Gasteiger partial charge is 0.372 e. The Morgan fingerprint density at radius 1 is 1.26 bits per heavy atom. The number of hydrogen-bond donors (Lipinski definition) is 2. The summed E-state index contributed by atoms with van der Waals surface area (Å²) < 4.78 is 13.2. The predicted octanol–water partition coefficient (Wildman–Crippen LogP) is 2.22. The number of carbonyl (C=O) groups is 1. The summed E-state index contributed by atoms with van der Waals surface area (Å²) in [5, 5.41) is 5.38. The van der Waals surface area contributed by atoms with Crippen LogP contribution in [-0.2, 0) is 0 Å². The third-order valence-corrected chi connectivity index (χ3v) is 2.50. The number of anilines is 2. The van der Waals surface area contributed by atoms with Gasteiger partial charge in [-0.3, -0.25) is 9.78 Å². The summed E-state index contributed by atoms with van der Waals surface area (Å²) in [6.45, 7) is 1.85. The number of nitrogens with zero attached hydrogens (tertiary/aromatic N) is 2. The summed E-state index contributed by atoms with van der Waals surface area (Å²) in [6.07, 6.45) is 2.59. The van der Waals surface area contributed by atoms with E-state index in [0.717, 1.165) is 18.0 Å². The van der Waals surface area contributed by atoms with Crippen molar-refractivity contribution in [1.82, 2.24) is 9.97 Å². The first-order chi connectivity index (χ1) is 9.10. The fraction of sp³-hybridized carbons (Fsp3) is 0.154. The number of amides is 1. The average molecular weight is 260 g/mol. The van der Waals surface area contributed by atoms with E-state index in [1.165, 1.54) is 0 Å². The van der Waals surface area contributed by atoms with Crippen LogP contribution in [0, 0.1) is 12.7 Å². The van der Waals surface area contributed by atoms with Gasteiger partial charge in [-0.2, -0.15) is 0 Å². The maximum Gasteiger partial charge on any atom is 0.259 e. The molecule has 0 saturated carbocycles. The van der Waals surface area contributed by atoms with Gasteiger partial charge in [-0.25, -0.2) is 9.37 Å². The molecule has 2 aromatic rings. The molecule has 0 saturated heterocycles. The summed E-state index contributed by atoms with van der Waals surface area (Å²) in [5.74, 6) is -0.688. The molecule has 0 fully saturated rings. The van der Waals surface area contributed by atoms with Gasteiger partial charge in [-0.1, -0.05) is 0 Å².